The Hall–Kier alpha value is -0.590. The number of rotatable bonds is 23. The zero-order chi connectivity index (χ0) is 23.9. The molecule has 0 aliphatic heterocycles. The van der Waals surface area contributed by atoms with Crippen LogP contribution in [-0.4, -0.2) is 35.5 Å². The predicted octanol–water partition coefficient (Wildman–Crippen LogP) is 2.77. The van der Waals surface area contributed by atoms with E-state index in [-0.39, 0.29) is 41.4 Å². The van der Waals surface area contributed by atoms with Crippen molar-refractivity contribution in [3.05, 3.63) is 0 Å². The Balaban J connectivity index is 0. The van der Waals surface area contributed by atoms with E-state index in [2.05, 4.69) is 24.2 Å². The van der Waals surface area contributed by atoms with Gasteiger partial charge in [-0.3, -0.25) is 4.79 Å². The fourth-order valence-corrected chi connectivity index (χ4v) is 3.74. The van der Waals surface area contributed by atoms with Crippen molar-refractivity contribution in [2.45, 2.75) is 142 Å². The molecule has 1 atom stereocenters. The molecule has 0 saturated heterocycles. The Morgan fingerprint density at radius 1 is 0.758 bits per heavy atom. The number of nitrogens with one attached hydrogen (secondary N) is 1. The number of carbonyl (C=O) groups excluding carboxylic acids is 1. The van der Waals surface area contributed by atoms with E-state index >= 15 is 0 Å². The summed E-state index contributed by atoms with van der Waals surface area (Å²) in [7, 11) is 0. The number of hydrogen-bond acceptors (Lipinski definition) is 4. The molecule has 6 nitrogen and oxygen atoms in total. The van der Waals surface area contributed by atoms with E-state index in [1.165, 1.54) is 57.8 Å². The zero-order valence-corrected chi connectivity index (χ0v) is 23.8. The van der Waals surface area contributed by atoms with Crippen molar-refractivity contribution in [2.24, 2.45) is 4.99 Å². The Morgan fingerprint density at radius 2 is 1.24 bits per heavy atom. The van der Waals surface area contributed by atoms with E-state index in [1.54, 1.807) is 0 Å². The summed E-state index contributed by atoms with van der Waals surface area (Å²) in [4.78, 5) is 27.5. The van der Waals surface area contributed by atoms with Crippen LogP contribution in [0.2, 0.25) is 0 Å². The minimum atomic E-state index is -0.995. The van der Waals surface area contributed by atoms with Gasteiger partial charge >= 0.3 is 35.5 Å². The molecular formula is C26H49N2NaO4. The third-order valence-corrected chi connectivity index (χ3v) is 5.82. The van der Waals surface area contributed by atoms with Gasteiger partial charge in [-0.05, 0) is 44.4 Å². The first-order chi connectivity index (χ1) is 15.5. The molecular weight excluding hydrogens is 427 g/mol. The monoisotopic (exact) mass is 476 g/mol. The molecule has 0 aliphatic rings. The van der Waals surface area contributed by atoms with Gasteiger partial charge in [-0.25, -0.2) is 4.79 Å². The molecule has 0 saturated carbocycles. The zero-order valence-electron chi connectivity index (χ0n) is 21.8. The average Bonchev–Trinajstić information content (AvgIpc) is 2.76. The molecule has 0 aliphatic carbocycles. The molecule has 33 heavy (non-hydrogen) atoms. The summed E-state index contributed by atoms with van der Waals surface area (Å²) in [5, 5.41) is 23.8. The quantitative estimate of drug-likeness (QED) is 0.102. The topological polar surface area (TPSA) is 102 Å². The van der Waals surface area contributed by atoms with E-state index in [4.69, 9.17) is 0 Å². The number of amides is 1. The minimum Gasteiger partial charge on any atom is -0.862 e. The summed E-state index contributed by atoms with van der Waals surface area (Å²) in [6.07, 6.45) is 18.7. The second kappa shape index (κ2) is 26.0. The molecule has 1 amide bonds. The average molecular weight is 477 g/mol. The number of carboxylic acid groups (broad SMARTS) is 1. The number of hydrogen-bond donors (Lipinski definition) is 2. The normalized spacial score (nSPS) is 12.2. The summed E-state index contributed by atoms with van der Waals surface area (Å²) in [6, 6.07) is -0.851. The third kappa shape index (κ3) is 24.3. The van der Waals surface area contributed by atoms with Gasteiger partial charge in [-0.15, -0.1) is 0 Å². The van der Waals surface area contributed by atoms with Crippen LogP contribution >= 0.6 is 0 Å². The van der Waals surface area contributed by atoms with Crippen LogP contribution in [0.15, 0.2) is 4.99 Å². The third-order valence-electron chi connectivity index (χ3n) is 5.82. The standard InChI is InChI=1S/C26H50N2O4.Na/c1-3-5-7-9-11-13-15-20-24(29)27-22-18-17-19-23(26(31)32)28-25(30)21-16-14-12-10-8-6-4-2;/h23H,3-22H2,1-2H3,(H,27,29)(H,28,30)(H,31,32);/q;+1/p-1. The summed E-state index contributed by atoms with van der Waals surface area (Å²) < 4.78 is 0. The van der Waals surface area contributed by atoms with Crippen molar-refractivity contribution in [1.82, 2.24) is 5.32 Å². The van der Waals surface area contributed by atoms with Gasteiger partial charge in [0.25, 0.3) is 0 Å². The van der Waals surface area contributed by atoms with E-state index in [1.807, 2.05) is 0 Å². The van der Waals surface area contributed by atoms with Gasteiger partial charge in [0, 0.05) is 13.0 Å². The first-order valence-electron chi connectivity index (χ1n) is 13.2. The first kappa shape index (κ1) is 34.6. The van der Waals surface area contributed by atoms with Crippen LogP contribution in [0.1, 0.15) is 136 Å². The van der Waals surface area contributed by atoms with Gasteiger partial charge in [0.2, 0.25) is 5.91 Å². The SMILES string of the molecule is CCCCCCCCCC(=O)NC(CCCCN=C([O-])CCCCCCCCC)C(=O)O.[Na+]. The Labute approximate surface area is 225 Å². The van der Waals surface area contributed by atoms with Gasteiger partial charge in [-0.2, -0.15) is 0 Å². The van der Waals surface area contributed by atoms with Crippen LogP contribution in [0.5, 0.6) is 0 Å². The molecule has 0 bridgehead atoms. The molecule has 188 valence electrons. The van der Waals surface area contributed by atoms with Gasteiger partial charge in [0.15, 0.2) is 0 Å². The number of carboxylic acids is 1. The molecule has 0 heterocycles. The Morgan fingerprint density at radius 3 is 1.76 bits per heavy atom. The maximum Gasteiger partial charge on any atom is 1.00 e. The summed E-state index contributed by atoms with van der Waals surface area (Å²) in [6.45, 7) is 4.83. The second-order valence-corrected chi connectivity index (χ2v) is 8.97. The van der Waals surface area contributed by atoms with Gasteiger partial charge in [-0.1, -0.05) is 90.9 Å². The molecule has 0 rings (SSSR count). The van der Waals surface area contributed by atoms with E-state index < -0.39 is 12.0 Å². The molecule has 0 spiro atoms. The van der Waals surface area contributed by atoms with Crippen molar-refractivity contribution >= 4 is 17.8 Å². The molecule has 7 heteroatoms. The van der Waals surface area contributed by atoms with Crippen LogP contribution in [0.3, 0.4) is 0 Å². The van der Waals surface area contributed by atoms with Crippen LogP contribution in [0.25, 0.3) is 0 Å². The fraction of sp³-hybridized carbons (Fsp3) is 0.885. The molecule has 0 fully saturated rings. The van der Waals surface area contributed by atoms with Crippen molar-refractivity contribution in [3.63, 3.8) is 0 Å². The van der Waals surface area contributed by atoms with Gasteiger partial charge in [0.1, 0.15) is 6.04 Å². The summed E-state index contributed by atoms with van der Waals surface area (Å²) >= 11 is 0. The van der Waals surface area contributed by atoms with E-state index in [0.717, 1.165) is 32.1 Å². The fourth-order valence-electron chi connectivity index (χ4n) is 3.74. The second-order valence-electron chi connectivity index (χ2n) is 8.97. The van der Waals surface area contributed by atoms with Gasteiger partial charge in [0.05, 0.1) is 0 Å². The molecule has 0 radical (unpaired) electrons. The summed E-state index contributed by atoms with van der Waals surface area (Å²) in [5.74, 6) is -1.22. The minimum absolute atomic E-state index is 0. The molecule has 0 aromatic carbocycles. The number of unbranched alkanes of at least 4 members (excludes halogenated alkanes) is 13. The predicted molar refractivity (Wildman–Crippen MR) is 131 cm³/mol. The van der Waals surface area contributed by atoms with Gasteiger partial charge < -0.3 is 20.5 Å². The smallest absolute Gasteiger partial charge is 0.862 e. The Kier molecular flexibility index (Phi) is 27.3. The summed E-state index contributed by atoms with van der Waals surface area (Å²) in [5.41, 5.74) is 0. The number of nitrogens with zero attached hydrogens (tertiary/aromatic N) is 1. The Bertz CT molecular complexity index is 501. The van der Waals surface area contributed by atoms with Crippen molar-refractivity contribution < 1.29 is 49.4 Å². The molecule has 2 N–H and O–H groups in total. The van der Waals surface area contributed by atoms with Crippen LogP contribution in [-0.2, 0) is 9.59 Å². The van der Waals surface area contributed by atoms with Crippen LogP contribution in [0.4, 0.5) is 0 Å². The maximum absolute atomic E-state index is 12.0. The number of aliphatic imine (C=N–C) groups is 1. The van der Waals surface area contributed by atoms with Crippen molar-refractivity contribution in [2.75, 3.05) is 6.54 Å². The largest absolute Gasteiger partial charge is 1.00 e. The number of aliphatic carboxylic acids is 1. The number of carbonyl (C=O) groups is 2. The molecule has 0 aromatic rings. The van der Waals surface area contributed by atoms with Crippen molar-refractivity contribution in [1.29, 1.82) is 0 Å². The maximum atomic E-state index is 12.0. The van der Waals surface area contributed by atoms with Crippen LogP contribution < -0.4 is 40.0 Å². The first-order valence-corrected chi connectivity index (χ1v) is 13.2. The van der Waals surface area contributed by atoms with Crippen LogP contribution in [0, 0.1) is 0 Å². The molecule has 0 aromatic heterocycles. The van der Waals surface area contributed by atoms with Crippen molar-refractivity contribution in [3.8, 4) is 0 Å². The van der Waals surface area contributed by atoms with E-state index in [9.17, 15) is 19.8 Å². The molecule has 1 unspecified atom stereocenters. The van der Waals surface area contributed by atoms with E-state index in [0.29, 0.717) is 38.6 Å².